The van der Waals surface area contributed by atoms with Crippen LogP contribution in [0.25, 0.3) is 5.57 Å². The molecule has 1 N–H and O–H groups in total. The van der Waals surface area contributed by atoms with Crippen molar-refractivity contribution in [2.45, 2.75) is 46.6 Å². The Morgan fingerprint density at radius 3 is 2.19 bits per heavy atom. The average molecular weight is 446 g/mol. The Kier molecular flexibility index (Phi) is 10.3. The van der Waals surface area contributed by atoms with Crippen LogP contribution in [0.2, 0.25) is 0 Å². The number of nitrogens with one attached hydrogen (secondary N) is 1. The lowest BCUT2D eigenvalue weighted by Crippen LogP contribution is -2.31. The number of aromatic nitrogens is 2. The number of hydrogen-bond donors (Lipinski definition) is 1. The summed E-state index contributed by atoms with van der Waals surface area (Å²) >= 11 is 0. The highest BCUT2D eigenvalue weighted by atomic mass is 16.6. The average Bonchev–Trinajstić information content (AvgIpc) is 2.70. The van der Waals surface area contributed by atoms with Crippen molar-refractivity contribution in [3.8, 4) is 0 Å². The third kappa shape index (κ3) is 8.33. The second-order valence-corrected chi connectivity index (χ2v) is 7.50. The van der Waals surface area contributed by atoms with Gasteiger partial charge in [0, 0.05) is 12.0 Å². The molecule has 1 amide bonds. The van der Waals surface area contributed by atoms with Gasteiger partial charge in [0.25, 0.3) is 0 Å². The molecule has 9 nitrogen and oxygen atoms in total. The van der Waals surface area contributed by atoms with Crippen molar-refractivity contribution in [3.05, 3.63) is 49.1 Å². The maximum Gasteiger partial charge on any atom is 0.412 e. The van der Waals surface area contributed by atoms with Gasteiger partial charge in [0.05, 0.1) is 30.8 Å². The van der Waals surface area contributed by atoms with E-state index in [2.05, 4.69) is 28.4 Å². The lowest BCUT2D eigenvalue weighted by Gasteiger charge is -2.20. The molecule has 1 aromatic rings. The number of allylic oxidation sites excluding steroid dienone is 4. The summed E-state index contributed by atoms with van der Waals surface area (Å²) in [5.41, 5.74) is 0.427. The van der Waals surface area contributed by atoms with E-state index in [0.717, 1.165) is 0 Å². The van der Waals surface area contributed by atoms with Gasteiger partial charge in [-0.2, -0.15) is 0 Å². The van der Waals surface area contributed by atoms with Gasteiger partial charge in [-0.05, 0) is 34.6 Å². The molecule has 174 valence electrons. The van der Waals surface area contributed by atoms with Gasteiger partial charge in [-0.15, -0.1) is 0 Å². The molecule has 0 fully saturated rings. The number of hydrogen-bond acceptors (Lipinski definition) is 8. The summed E-state index contributed by atoms with van der Waals surface area (Å²) < 4.78 is 15.3. The standard InChI is InChI=1S/C23H31N3O6/c1-8-12-15(9-2)19-17(25-22(29)32-23(5,6)7)14-24-18(26-19)13-16(20(27)30-10-3)21(28)31-11-4/h8-9,12,14,16H,1-2,10-11,13H2,3-7H3,(H,25,29)/b15-12+. The van der Waals surface area contributed by atoms with Gasteiger partial charge >= 0.3 is 18.0 Å². The van der Waals surface area contributed by atoms with Crippen LogP contribution >= 0.6 is 0 Å². The minimum absolute atomic E-state index is 0.113. The first-order valence-corrected chi connectivity index (χ1v) is 10.2. The first-order valence-electron chi connectivity index (χ1n) is 10.2. The Bertz CT molecular complexity index is 868. The van der Waals surface area contributed by atoms with E-state index >= 15 is 0 Å². The van der Waals surface area contributed by atoms with E-state index in [1.165, 1.54) is 18.3 Å². The molecule has 0 aliphatic heterocycles. The zero-order valence-electron chi connectivity index (χ0n) is 19.3. The molecule has 1 rings (SSSR count). The van der Waals surface area contributed by atoms with Gasteiger partial charge in [0.2, 0.25) is 0 Å². The molecule has 32 heavy (non-hydrogen) atoms. The summed E-state index contributed by atoms with van der Waals surface area (Å²) in [4.78, 5) is 45.5. The van der Waals surface area contributed by atoms with E-state index in [4.69, 9.17) is 14.2 Å². The number of anilines is 1. The number of esters is 2. The van der Waals surface area contributed by atoms with Crippen molar-refractivity contribution in [3.63, 3.8) is 0 Å². The van der Waals surface area contributed by atoms with Crippen molar-refractivity contribution in [2.24, 2.45) is 5.92 Å². The smallest absolute Gasteiger partial charge is 0.412 e. The first-order chi connectivity index (χ1) is 15.1. The molecule has 0 spiro atoms. The molecular formula is C23H31N3O6. The number of rotatable bonds is 10. The van der Waals surface area contributed by atoms with Gasteiger partial charge < -0.3 is 14.2 Å². The Labute approximate surface area is 188 Å². The molecule has 0 radical (unpaired) electrons. The zero-order chi connectivity index (χ0) is 24.3. The van der Waals surface area contributed by atoms with E-state index in [9.17, 15) is 14.4 Å². The SMILES string of the molecule is C=C/C=C(\C=C)c1nc(CC(C(=O)OCC)C(=O)OCC)ncc1NC(=O)OC(C)(C)C. The molecule has 0 saturated carbocycles. The summed E-state index contributed by atoms with van der Waals surface area (Å²) in [5, 5.41) is 2.61. The minimum Gasteiger partial charge on any atom is -0.465 e. The Balaban J connectivity index is 3.36. The van der Waals surface area contributed by atoms with Crippen LogP contribution in [0.1, 0.15) is 46.1 Å². The number of amides is 1. The topological polar surface area (TPSA) is 117 Å². The van der Waals surface area contributed by atoms with Crippen molar-refractivity contribution >= 4 is 29.3 Å². The van der Waals surface area contributed by atoms with Crippen molar-refractivity contribution in [2.75, 3.05) is 18.5 Å². The first kappa shape index (κ1) is 26.5. The maximum atomic E-state index is 12.3. The fourth-order valence-electron chi connectivity index (χ4n) is 2.54. The molecule has 0 aliphatic rings. The molecule has 0 aromatic carbocycles. The van der Waals surface area contributed by atoms with Crippen LogP contribution in [0.4, 0.5) is 10.5 Å². The van der Waals surface area contributed by atoms with E-state index in [1.807, 2.05) is 0 Å². The van der Waals surface area contributed by atoms with Gasteiger partial charge in [0.15, 0.2) is 5.92 Å². The number of carbonyl (C=O) groups excluding carboxylic acids is 3. The molecule has 0 aliphatic carbocycles. The third-order valence-corrected chi connectivity index (χ3v) is 3.79. The summed E-state index contributed by atoms with van der Waals surface area (Å²) in [7, 11) is 0. The fourth-order valence-corrected chi connectivity index (χ4v) is 2.54. The quantitative estimate of drug-likeness (QED) is 0.250. The summed E-state index contributed by atoms with van der Waals surface area (Å²) in [6.07, 6.45) is 5.25. The highest BCUT2D eigenvalue weighted by Gasteiger charge is 2.31. The van der Waals surface area contributed by atoms with Crippen LogP contribution in [0.5, 0.6) is 0 Å². The number of nitrogens with zero attached hydrogens (tertiary/aromatic N) is 2. The van der Waals surface area contributed by atoms with E-state index in [1.54, 1.807) is 40.7 Å². The highest BCUT2D eigenvalue weighted by molar-refractivity contribution is 5.95. The van der Waals surface area contributed by atoms with Crippen LogP contribution in [-0.4, -0.2) is 46.8 Å². The van der Waals surface area contributed by atoms with Crippen molar-refractivity contribution in [1.29, 1.82) is 0 Å². The van der Waals surface area contributed by atoms with Crippen LogP contribution in [0, 0.1) is 5.92 Å². The van der Waals surface area contributed by atoms with Gasteiger partial charge in [0.1, 0.15) is 11.4 Å². The number of carbonyl (C=O) groups is 3. The normalized spacial score (nSPS) is 11.5. The van der Waals surface area contributed by atoms with Crippen LogP contribution in [0.15, 0.2) is 37.6 Å². The summed E-state index contributed by atoms with van der Waals surface area (Å²) in [6.45, 7) is 16.2. The summed E-state index contributed by atoms with van der Waals surface area (Å²) in [6, 6.07) is 0. The predicted octanol–water partition coefficient (Wildman–Crippen LogP) is 3.86. The summed E-state index contributed by atoms with van der Waals surface area (Å²) in [5.74, 6) is -2.49. The third-order valence-electron chi connectivity index (χ3n) is 3.79. The van der Waals surface area contributed by atoms with Crippen LogP contribution in [-0.2, 0) is 30.2 Å². The van der Waals surface area contributed by atoms with Gasteiger partial charge in [-0.3, -0.25) is 14.9 Å². The molecule has 1 heterocycles. The Morgan fingerprint density at radius 1 is 1.12 bits per heavy atom. The molecular weight excluding hydrogens is 414 g/mol. The van der Waals surface area contributed by atoms with Crippen LogP contribution in [0.3, 0.4) is 0 Å². The van der Waals surface area contributed by atoms with Crippen molar-refractivity contribution < 1.29 is 28.6 Å². The molecule has 1 aromatic heterocycles. The predicted molar refractivity (Wildman–Crippen MR) is 121 cm³/mol. The molecule has 0 saturated heterocycles. The maximum absolute atomic E-state index is 12.3. The molecule has 9 heteroatoms. The van der Waals surface area contributed by atoms with Gasteiger partial charge in [-0.1, -0.05) is 31.4 Å². The minimum atomic E-state index is -1.22. The van der Waals surface area contributed by atoms with E-state index in [-0.39, 0.29) is 31.1 Å². The fraction of sp³-hybridized carbons (Fsp3) is 0.435. The highest BCUT2D eigenvalue weighted by Crippen LogP contribution is 2.24. The second kappa shape index (κ2) is 12.4. The molecule has 0 bridgehead atoms. The molecule has 0 unspecified atom stereocenters. The van der Waals surface area contributed by atoms with E-state index in [0.29, 0.717) is 11.3 Å². The van der Waals surface area contributed by atoms with Gasteiger partial charge in [-0.25, -0.2) is 14.8 Å². The second-order valence-electron chi connectivity index (χ2n) is 7.50. The molecule has 0 atom stereocenters. The lowest BCUT2D eigenvalue weighted by atomic mass is 10.0. The largest absolute Gasteiger partial charge is 0.465 e. The Hall–Kier alpha value is -3.49. The number of ether oxygens (including phenoxy) is 3. The van der Waals surface area contributed by atoms with Crippen molar-refractivity contribution in [1.82, 2.24) is 9.97 Å². The lowest BCUT2D eigenvalue weighted by molar-refractivity contribution is -0.161. The monoisotopic (exact) mass is 445 g/mol. The van der Waals surface area contributed by atoms with Crippen LogP contribution < -0.4 is 5.32 Å². The zero-order valence-corrected chi connectivity index (χ0v) is 19.3. The Morgan fingerprint density at radius 2 is 1.72 bits per heavy atom. The van der Waals surface area contributed by atoms with E-state index < -0.39 is 29.6 Å².